The molecule has 5 nitrogen and oxygen atoms in total. The van der Waals surface area contributed by atoms with Crippen molar-refractivity contribution in [2.24, 2.45) is 0 Å². The molecule has 3 rings (SSSR count). The monoisotopic (exact) mass is 333 g/mol. The molecule has 0 saturated heterocycles. The van der Waals surface area contributed by atoms with E-state index in [1.807, 2.05) is 49.4 Å². The van der Waals surface area contributed by atoms with E-state index in [0.29, 0.717) is 11.4 Å². The highest BCUT2D eigenvalue weighted by molar-refractivity contribution is 5.93. The van der Waals surface area contributed by atoms with Gasteiger partial charge in [-0.1, -0.05) is 48.0 Å². The first-order valence-electron chi connectivity index (χ1n) is 8.07. The largest absolute Gasteiger partial charge is 0.324 e. The fourth-order valence-corrected chi connectivity index (χ4v) is 2.46. The average Bonchev–Trinajstić information content (AvgIpc) is 2.63. The molecule has 0 aliphatic carbocycles. The Morgan fingerprint density at radius 3 is 2.36 bits per heavy atom. The molecule has 1 heterocycles. The molecule has 0 unspecified atom stereocenters. The van der Waals surface area contributed by atoms with Crippen molar-refractivity contribution in [1.82, 2.24) is 9.78 Å². The van der Waals surface area contributed by atoms with Crippen LogP contribution in [0.5, 0.6) is 0 Å². The summed E-state index contributed by atoms with van der Waals surface area (Å²) in [6, 6.07) is 19.4. The molecule has 0 aliphatic heterocycles. The van der Waals surface area contributed by atoms with E-state index in [1.165, 1.54) is 10.7 Å². The highest BCUT2D eigenvalue weighted by atomic mass is 16.2. The Hall–Kier alpha value is -3.21. The summed E-state index contributed by atoms with van der Waals surface area (Å²) in [5, 5.41) is 7.17. The third-order valence-corrected chi connectivity index (χ3v) is 3.96. The Labute approximate surface area is 145 Å². The van der Waals surface area contributed by atoms with E-state index >= 15 is 0 Å². The first kappa shape index (κ1) is 16.6. The number of anilines is 1. The molecule has 1 N–H and O–H groups in total. The molecule has 3 aromatic rings. The molecule has 25 heavy (non-hydrogen) atoms. The van der Waals surface area contributed by atoms with Crippen molar-refractivity contribution in [2.75, 3.05) is 5.32 Å². The lowest BCUT2D eigenvalue weighted by Gasteiger charge is -2.15. The Bertz CT molecular complexity index is 931. The second-order valence-corrected chi connectivity index (χ2v) is 5.90. The molecule has 0 saturated carbocycles. The Kier molecular flexibility index (Phi) is 4.75. The van der Waals surface area contributed by atoms with Crippen molar-refractivity contribution in [3.8, 4) is 11.3 Å². The maximum absolute atomic E-state index is 12.4. The lowest BCUT2D eigenvalue weighted by Crippen LogP contribution is -2.33. The van der Waals surface area contributed by atoms with Crippen LogP contribution in [-0.4, -0.2) is 15.7 Å². The number of benzene rings is 2. The maximum atomic E-state index is 12.4. The van der Waals surface area contributed by atoms with Crippen LogP contribution in [0.15, 0.2) is 71.5 Å². The Morgan fingerprint density at radius 2 is 1.68 bits per heavy atom. The van der Waals surface area contributed by atoms with Gasteiger partial charge in [0.25, 0.3) is 5.56 Å². The van der Waals surface area contributed by atoms with Gasteiger partial charge in [0.15, 0.2) is 0 Å². The smallest absolute Gasteiger partial charge is 0.267 e. The van der Waals surface area contributed by atoms with Crippen LogP contribution in [0.1, 0.15) is 18.5 Å². The van der Waals surface area contributed by atoms with Crippen molar-refractivity contribution in [3.63, 3.8) is 0 Å². The van der Waals surface area contributed by atoms with Crippen molar-refractivity contribution >= 4 is 11.6 Å². The van der Waals surface area contributed by atoms with E-state index in [1.54, 1.807) is 25.1 Å². The standard InChI is InChI=1S/C20H19N3O2/c1-14-8-10-16(11-9-14)18-12-13-19(24)23(22-18)15(2)20(25)21-17-6-4-3-5-7-17/h3-13,15H,1-2H3,(H,21,25)/t15-/m1/s1. The summed E-state index contributed by atoms with van der Waals surface area (Å²) in [5.41, 5.74) is 3.07. The molecule has 0 aliphatic rings. The molecule has 1 amide bonds. The van der Waals surface area contributed by atoms with Gasteiger partial charge in [0.2, 0.25) is 5.91 Å². The van der Waals surface area contributed by atoms with Crippen LogP contribution in [0.25, 0.3) is 11.3 Å². The number of nitrogens with zero attached hydrogens (tertiary/aromatic N) is 2. The van der Waals surface area contributed by atoms with Crippen molar-refractivity contribution in [3.05, 3.63) is 82.6 Å². The summed E-state index contributed by atoms with van der Waals surface area (Å²) >= 11 is 0. The Balaban J connectivity index is 1.88. The van der Waals surface area contributed by atoms with Gasteiger partial charge in [-0.05, 0) is 32.0 Å². The topological polar surface area (TPSA) is 64.0 Å². The lowest BCUT2D eigenvalue weighted by atomic mass is 10.1. The van der Waals surface area contributed by atoms with Crippen LogP contribution >= 0.6 is 0 Å². The number of nitrogens with one attached hydrogen (secondary N) is 1. The predicted octanol–water partition coefficient (Wildman–Crippen LogP) is 3.42. The van der Waals surface area contributed by atoms with Gasteiger partial charge in [0.1, 0.15) is 6.04 Å². The first-order valence-corrected chi connectivity index (χ1v) is 8.07. The van der Waals surface area contributed by atoms with E-state index in [-0.39, 0.29) is 11.5 Å². The molecule has 0 spiro atoms. The van der Waals surface area contributed by atoms with Gasteiger partial charge in [0.05, 0.1) is 5.69 Å². The normalized spacial score (nSPS) is 11.8. The van der Waals surface area contributed by atoms with Crippen LogP contribution in [0.2, 0.25) is 0 Å². The minimum atomic E-state index is -0.724. The minimum Gasteiger partial charge on any atom is -0.324 e. The maximum Gasteiger partial charge on any atom is 0.267 e. The van der Waals surface area contributed by atoms with Gasteiger partial charge in [-0.2, -0.15) is 5.10 Å². The number of para-hydroxylation sites is 1. The van der Waals surface area contributed by atoms with Crippen LogP contribution in [0, 0.1) is 6.92 Å². The van der Waals surface area contributed by atoms with E-state index < -0.39 is 6.04 Å². The highest BCUT2D eigenvalue weighted by Crippen LogP contribution is 2.17. The van der Waals surface area contributed by atoms with Gasteiger partial charge < -0.3 is 5.32 Å². The number of rotatable bonds is 4. The van der Waals surface area contributed by atoms with Crippen molar-refractivity contribution in [1.29, 1.82) is 0 Å². The molecule has 2 aromatic carbocycles. The van der Waals surface area contributed by atoms with Crippen molar-refractivity contribution < 1.29 is 4.79 Å². The number of carbonyl (C=O) groups excluding carboxylic acids is 1. The fourth-order valence-electron chi connectivity index (χ4n) is 2.46. The summed E-state index contributed by atoms with van der Waals surface area (Å²) in [6.45, 7) is 3.67. The predicted molar refractivity (Wildman–Crippen MR) is 98.5 cm³/mol. The van der Waals surface area contributed by atoms with Gasteiger partial charge in [-0.3, -0.25) is 9.59 Å². The number of amides is 1. The summed E-state index contributed by atoms with van der Waals surface area (Å²) in [4.78, 5) is 24.6. The number of aromatic nitrogens is 2. The quantitative estimate of drug-likeness (QED) is 0.796. The van der Waals surface area contributed by atoms with Crippen LogP contribution in [0.3, 0.4) is 0 Å². The number of hydrogen-bond acceptors (Lipinski definition) is 3. The van der Waals surface area contributed by atoms with Gasteiger partial charge in [-0.15, -0.1) is 0 Å². The molecule has 1 aromatic heterocycles. The number of aryl methyl sites for hydroxylation is 1. The van der Waals surface area contributed by atoms with Crippen LogP contribution < -0.4 is 10.9 Å². The minimum absolute atomic E-state index is 0.290. The van der Waals surface area contributed by atoms with Gasteiger partial charge in [0, 0.05) is 17.3 Å². The molecular formula is C20H19N3O2. The van der Waals surface area contributed by atoms with E-state index in [0.717, 1.165) is 11.1 Å². The zero-order chi connectivity index (χ0) is 17.8. The second-order valence-electron chi connectivity index (χ2n) is 5.90. The van der Waals surface area contributed by atoms with Gasteiger partial charge in [-0.25, -0.2) is 4.68 Å². The first-order chi connectivity index (χ1) is 12.0. The SMILES string of the molecule is Cc1ccc(-c2ccc(=O)n([C@H](C)C(=O)Nc3ccccc3)n2)cc1. The summed E-state index contributed by atoms with van der Waals surface area (Å²) < 4.78 is 1.22. The summed E-state index contributed by atoms with van der Waals surface area (Å²) in [7, 11) is 0. The molecule has 5 heteroatoms. The fraction of sp³-hybridized carbons (Fsp3) is 0.150. The highest BCUT2D eigenvalue weighted by Gasteiger charge is 2.18. The molecule has 126 valence electrons. The average molecular weight is 333 g/mol. The second kappa shape index (κ2) is 7.13. The van der Waals surface area contributed by atoms with E-state index in [4.69, 9.17) is 0 Å². The molecule has 0 fully saturated rings. The lowest BCUT2D eigenvalue weighted by molar-refractivity contribution is -0.119. The molecule has 0 bridgehead atoms. The molecule has 1 atom stereocenters. The third-order valence-electron chi connectivity index (χ3n) is 3.96. The third kappa shape index (κ3) is 3.83. The van der Waals surface area contributed by atoms with E-state index in [9.17, 15) is 9.59 Å². The van der Waals surface area contributed by atoms with Crippen LogP contribution in [-0.2, 0) is 4.79 Å². The van der Waals surface area contributed by atoms with Crippen LogP contribution in [0.4, 0.5) is 5.69 Å². The molecular weight excluding hydrogens is 314 g/mol. The molecule has 0 radical (unpaired) electrons. The zero-order valence-corrected chi connectivity index (χ0v) is 14.1. The number of carbonyl (C=O) groups is 1. The zero-order valence-electron chi connectivity index (χ0n) is 14.1. The van der Waals surface area contributed by atoms with Gasteiger partial charge >= 0.3 is 0 Å². The number of hydrogen-bond donors (Lipinski definition) is 1. The van der Waals surface area contributed by atoms with E-state index in [2.05, 4.69) is 10.4 Å². The Morgan fingerprint density at radius 1 is 1.00 bits per heavy atom. The summed E-state index contributed by atoms with van der Waals surface area (Å²) in [5.74, 6) is -0.290. The summed E-state index contributed by atoms with van der Waals surface area (Å²) in [6.07, 6.45) is 0. The van der Waals surface area contributed by atoms with Crippen molar-refractivity contribution in [2.45, 2.75) is 19.9 Å².